The van der Waals surface area contributed by atoms with E-state index >= 15 is 0 Å². The summed E-state index contributed by atoms with van der Waals surface area (Å²) in [6.45, 7) is 1.94. The molecule has 132 valence electrons. The molecular weight excluding hydrogens is 340 g/mol. The average Bonchev–Trinajstić information content (AvgIpc) is 2.62. The van der Waals surface area contributed by atoms with E-state index in [0.717, 1.165) is 11.1 Å². The second-order valence-electron chi connectivity index (χ2n) is 5.52. The van der Waals surface area contributed by atoms with Crippen LogP contribution >= 0.6 is 0 Å². The maximum atomic E-state index is 12.5. The van der Waals surface area contributed by atoms with Crippen molar-refractivity contribution in [1.29, 1.82) is 0 Å². The highest BCUT2D eigenvalue weighted by Gasteiger charge is 2.25. The number of carbonyl (C=O) groups is 2. The highest BCUT2D eigenvalue weighted by molar-refractivity contribution is 7.85. The number of carbonyl (C=O) groups excluding carboxylic acids is 1. The molecule has 6 heteroatoms. The van der Waals surface area contributed by atoms with Gasteiger partial charge in [0.2, 0.25) is 0 Å². The van der Waals surface area contributed by atoms with Gasteiger partial charge in [0.25, 0.3) is 0 Å². The molecule has 0 aliphatic heterocycles. The smallest absolute Gasteiger partial charge is 0.335 e. The van der Waals surface area contributed by atoms with E-state index in [-0.39, 0.29) is 17.9 Å². The Morgan fingerprint density at radius 3 is 2.24 bits per heavy atom. The average molecular weight is 360 g/mol. The molecular formula is C19H20O5S. The Morgan fingerprint density at radius 1 is 1.04 bits per heavy atom. The van der Waals surface area contributed by atoms with Crippen LogP contribution in [-0.4, -0.2) is 26.5 Å². The summed E-state index contributed by atoms with van der Waals surface area (Å²) < 4.78 is 17.8. The number of aromatic carboxylic acids is 1. The van der Waals surface area contributed by atoms with Gasteiger partial charge in [0, 0.05) is 16.6 Å². The van der Waals surface area contributed by atoms with Crippen LogP contribution in [0.4, 0.5) is 0 Å². The number of esters is 1. The second kappa shape index (κ2) is 9.13. The quantitative estimate of drug-likeness (QED) is 0.732. The van der Waals surface area contributed by atoms with Gasteiger partial charge in [-0.2, -0.15) is 0 Å². The van der Waals surface area contributed by atoms with Crippen LogP contribution in [0.1, 0.15) is 34.8 Å². The van der Waals surface area contributed by atoms with Gasteiger partial charge in [-0.05, 0) is 29.7 Å². The number of hydrogen-bond donors (Lipinski definition) is 1. The number of rotatable bonds is 8. The molecule has 25 heavy (non-hydrogen) atoms. The minimum absolute atomic E-state index is 0.153. The molecule has 0 saturated carbocycles. The lowest BCUT2D eigenvalue weighted by Crippen LogP contribution is -2.28. The van der Waals surface area contributed by atoms with Crippen LogP contribution in [0, 0.1) is 0 Å². The molecule has 0 spiro atoms. The van der Waals surface area contributed by atoms with E-state index in [2.05, 4.69) is 0 Å². The molecule has 1 N–H and O–H groups in total. The fourth-order valence-electron chi connectivity index (χ4n) is 2.29. The van der Waals surface area contributed by atoms with Gasteiger partial charge < -0.3 is 9.84 Å². The third-order valence-corrected chi connectivity index (χ3v) is 5.46. The number of carboxylic acids is 1. The minimum Gasteiger partial charge on any atom is -0.478 e. The van der Waals surface area contributed by atoms with Gasteiger partial charge in [-0.15, -0.1) is 0 Å². The lowest BCUT2D eigenvalue weighted by molar-refractivity contribution is -0.144. The Kier molecular flexibility index (Phi) is 6.89. The van der Waals surface area contributed by atoms with Gasteiger partial charge in [0.15, 0.2) is 0 Å². The molecule has 0 aromatic heterocycles. The highest BCUT2D eigenvalue weighted by atomic mass is 32.2. The first-order valence-electron chi connectivity index (χ1n) is 7.91. The molecule has 0 fully saturated rings. The van der Waals surface area contributed by atoms with Gasteiger partial charge in [-0.1, -0.05) is 49.4 Å². The first-order valence-corrected chi connectivity index (χ1v) is 9.29. The summed E-state index contributed by atoms with van der Waals surface area (Å²) in [5.41, 5.74) is 1.77. The summed E-state index contributed by atoms with van der Waals surface area (Å²) in [6, 6.07) is 15.5. The van der Waals surface area contributed by atoms with Gasteiger partial charge in [-0.3, -0.25) is 9.00 Å². The highest BCUT2D eigenvalue weighted by Crippen LogP contribution is 2.14. The zero-order valence-corrected chi connectivity index (χ0v) is 14.7. The molecule has 0 heterocycles. The van der Waals surface area contributed by atoms with Crippen LogP contribution < -0.4 is 0 Å². The summed E-state index contributed by atoms with van der Waals surface area (Å²) in [6.07, 6.45) is 0.410. The van der Waals surface area contributed by atoms with Crippen molar-refractivity contribution in [2.75, 3.05) is 0 Å². The Morgan fingerprint density at radius 2 is 1.68 bits per heavy atom. The van der Waals surface area contributed by atoms with Crippen molar-refractivity contribution < 1.29 is 23.6 Å². The Balaban J connectivity index is 1.95. The fourth-order valence-corrected chi connectivity index (χ4v) is 3.67. The maximum Gasteiger partial charge on any atom is 0.335 e. The Bertz CT molecular complexity index is 740. The van der Waals surface area contributed by atoms with E-state index in [4.69, 9.17) is 9.84 Å². The predicted molar refractivity (Wildman–Crippen MR) is 95.6 cm³/mol. The zero-order chi connectivity index (χ0) is 18.2. The summed E-state index contributed by atoms with van der Waals surface area (Å²) in [5.74, 6) is -1.31. The first-order chi connectivity index (χ1) is 12.0. The van der Waals surface area contributed by atoms with E-state index in [1.807, 2.05) is 30.3 Å². The zero-order valence-electron chi connectivity index (χ0n) is 13.9. The molecule has 0 aliphatic carbocycles. The molecule has 2 atom stereocenters. The largest absolute Gasteiger partial charge is 0.478 e. The normalized spacial score (nSPS) is 13.0. The Labute approximate surface area is 149 Å². The molecule has 5 nitrogen and oxygen atoms in total. The molecule has 0 saturated heterocycles. The van der Waals surface area contributed by atoms with E-state index in [1.165, 1.54) is 12.1 Å². The van der Waals surface area contributed by atoms with Gasteiger partial charge >= 0.3 is 11.9 Å². The van der Waals surface area contributed by atoms with Crippen molar-refractivity contribution in [3.63, 3.8) is 0 Å². The predicted octanol–water partition coefficient (Wildman–Crippen LogP) is 3.16. The fraction of sp³-hybridized carbons (Fsp3) is 0.263. The molecule has 2 unspecified atom stereocenters. The SMILES string of the molecule is CCC(C(=O)OCc1ccccc1)S(=O)Cc1ccc(C(=O)O)cc1. The molecule has 2 rings (SSSR count). The van der Waals surface area contributed by atoms with Crippen LogP contribution in [0.5, 0.6) is 0 Å². The third-order valence-electron chi connectivity index (χ3n) is 3.68. The van der Waals surface area contributed by atoms with Crippen molar-refractivity contribution in [3.05, 3.63) is 71.3 Å². The van der Waals surface area contributed by atoms with E-state index < -0.39 is 28.0 Å². The molecule has 0 bridgehead atoms. The minimum atomic E-state index is -1.44. The maximum absolute atomic E-state index is 12.5. The van der Waals surface area contributed by atoms with E-state index in [9.17, 15) is 13.8 Å². The topological polar surface area (TPSA) is 80.7 Å². The second-order valence-corrected chi connectivity index (χ2v) is 7.14. The molecule has 0 radical (unpaired) electrons. The van der Waals surface area contributed by atoms with Crippen molar-refractivity contribution in [1.82, 2.24) is 0 Å². The number of carboxylic acid groups (broad SMARTS) is 1. The van der Waals surface area contributed by atoms with Crippen molar-refractivity contribution in [3.8, 4) is 0 Å². The van der Waals surface area contributed by atoms with Crippen LogP contribution in [0.2, 0.25) is 0 Å². The summed E-state index contributed by atoms with van der Waals surface area (Å²) in [4.78, 5) is 23.1. The summed E-state index contributed by atoms with van der Waals surface area (Å²) >= 11 is 0. The molecule has 0 aliphatic rings. The van der Waals surface area contributed by atoms with Crippen LogP contribution in [0.25, 0.3) is 0 Å². The van der Waals surface area contributed by atoms with Crippen molar-refractivity contribution in [2.45, 2.75) is 31.0 Å². The van der Waals surface area contributed by atoms with Crippen LogP contribution in [-0.2, 0) is 32.7 Å². The molecule has 2 aromatic carbocycles. The third kappa shape index (κ3) is 5.53. The summed E-state index contributed by atoms with van der Waals surface area (Å²) in [7, 11) is -1.44. The van der Waals surface area contributed by atoms with Gasteiger partial charge in [0.05, 0.1) is 5.56 Å². The van der Waals surface area contributed by atoms with Crippen LogP contribution in [0.3, 0.4) is 0 Å². The standard InChI is InChI=1S/C19H20O5S/c1-2-17(19(22)24-12-14-6-4-3-5-7-14)25(23)13-15-8-10-16(11-9-15)18(20)21/h3-11,17H,2,12-13H2,1H3,(H,20,21). The summed E-state index contributed by atoms with van der Waals surface area (Å²) in [5, 5.41) is 8.18. The van der Waals surface area contributed by atoms with E-state index in [0.29, 0.717) is 6.42 Å². The lowest BCUT2D eigenvalue weighted by atomic mass is 10.1. The number of hydrogen-bond acceptors (Lipinski definition) is 4. The van der Waals surface area contributed by atoms with Crippen molar-refractivity contribution in [2.24, 2.45) is 0 Å². The molecule has 2 aromatic rings. The van der Waals surface area contributed by atoms with Gasteiger partial charge in [-0.25, -0.2) is 4.79 Å². The van der Waals surface area contributed by atoms with Gasteiger partial charge in [0.1, 0.15) is 11.9 Å². The molecule has 0 amide bonds. The number of benzene rings is 2. The number of ether oxygens (including phenoxy) is 1. The van der Waals surface area contributed by atoms with E-state index in [1.54, 1.807) is 19.1 Å². The first kappa shape index (κ1) is 18.9. The van der Waals surface area contributed by atoms with Crippen molar-refractivity contribution >= 4 is 22.7 Å². The monoisotopic (exact) mass is 360 g/mol. The van der Waals surface area contributed by atoms with Crippen LogP contribution in [0.15, 0.2) is 54.6 Å². The Hall–Kier alpha value is -2.47. The lowest BCUT2D eigenvalue weighted by Gasteiger charge is -2.14.